The first-order valence-electron chi connectivity index (χ1n) is 5.32. The molecule has 3 nitrogen and oxygen atoms in total. The summed E-state index contributed by atoms with van der Waals surface area (Å²) in [6.45, 7) is 3.85. The Morgan fingerprint density at radius 3 is 2.82 bits per heavy atom. The van der Waals surface area contributed by atoms with Crippen molar-refractivity contribution < 1.29 is 4.39 Å². The van der Waals surface area contributed by atoms with Crippen LogP contribution in [0.4, 0.5) is 4.39 Å². The number of aryl methyl sites for hydroxylation is 1. The lowest BCUT2D eigenvalue weighted by atomic mass is 10.1. The van der Waals surface area contributed by atoms with E-state index in [-0.39, 0.29) is 5.82 Å². The molecule has 17 heavy (non-hydrogen) atoms. The molecule has 88 valence electrons. The fourth-order valence-electron chi connectivity index (χ4n) is 1.58. The molecule has 0 fully saturated rings. The van der Waals surface area contributed by atoms with E-state index in [9.17, 15) is 4.39 Å². The third-order valence-electron chi connectivity index (χ3n) is 2.53. The highest BCUT2D eigenvalue weighted by atomic mass is 32.1. The van der Waals surface area contributed by atoms with Gasteiger partial charge in [-0.2, -0.15) is 0 Å². The number of hydrogen-bond acceptors (Lipinski definition) is 3. The van der Waals surface area contributed by atoms with Crippen LogP contribution in [-0.4, -0.2) is 15.0 Å². The minimum Gasteiger partial charge on any atom is -0.343 e. The maximum absolute atomic E-state index is 13.1. The first-order valence-corrected chi connectivity index (χ1v) is 5.73. The zero-order chi connectivity index (χ0) is 12.4. The fourth-order valence-corrected chi connectivity index (χ4v) is 1.80. The average Bonchev–Trinajstić information content (AvgIpc) is 2.32. The van der Waals surface area contributed by atoms with Gasteiger partial charge in [-0.15, -0.1) is 0 Å². The van der Waals surface area contributed by atoms with Crippen molar-refractivity contribution in [2.75, 3.05) is 0 Å². The van der Waals surface area contributed by atoms with Crippen LogP contribution in [0.15, 0.2) is 18.5 Å². The van der Waals surface area contributed by atoms with Gasteiger partial charge in [0.1, 0.15) is 16.3 Å². The largest absolute Gasteiger partial charge is 0.343 e. The Balaban J connectivity index is 2.66. The maximum Gasteiger partial charge on any atom is 0.142 e. The van der Waals surface area contributed by atoms with E-state index in [0.717, 1.165) is 23.5 Å². The molecule has 5 heteroatoms. The maximum atomic E-state index is 13.1. The number of pyridine rings is 1. The molecule has 0 spiro atoms. The van der Waals surface area contributed by atoms with Gasteiger partial charge in [-0.05, 0) is 13.0 Å². The number of H-pyrrole nitrogens is 1. The van der Waals surface area contributed by atoms with Crippen LogP contribution in [0.1, 0.15) is 18.3 Å². The summed E-state index contributed by atoms with van der Waals surface area (Å²) < 4.78 is 13.7. The van der Waals surface area contributed by atoms with Gasteiger partial charge in [-0.25, -0.2) is 9.37 Å². The molecular formula is C12H12FN3S. The number of aromatic amines is 1. The SMILES string of the molecule is CCc1nc(=S)c(C)c(-c2cncc(F)c2)[nH]1. The van der Waals surface area contributed by atoms with Gasteiger partial charge in [0.2, 0.25) is 0 Å². The molecule has 0 atom stereocenters. The molecule has 0 saturated carbocycles. The van der Waals surface area contributed by atoms with Crippen LogP contribution in [0.5, 0.6) is 0 Å². The predicted molar refractivity (Wildman–Crippen MR) is 66.7 cm³/mol. The summed E-state index contributed by atoms with van der Waals surface area (Å²) in [6.07, 6.45) is 3.53. The number of nitrogens with one attached hydrogen (secondary N) is 1. The van der Waals surface area contributed by atoms with Crippen LogP contribution in [0.2, 0.25) is 0 Å². The summed E-state index contributed by atoms with van der Waals surface area (Å²) >= 11 is 5.18. The van der Waals surface area contributed by atoms with E-state index in [1.807, 2.05) is 13.8 Å². The molecule has 0 aliphatic carbocycles. The van der Waals surface area contributed by atoms with Crippen molar-refractivity contribution in [2.24, 2.45) is 0 Å². The van der Waals surface area contributed by atoms with Crippen LogP contribution in [0, 0.1) is 17.4 Å². The molecule has 0 unspecified atom stereocenters. The summed E-state index contributed by atoms with van der Waals surface area (Å²) in [4.78, 5) is 11.2. The average molecular weight is 249 g/mol. The fraction of sp³-hybridized carbons (Fsp3) is 0.250. The van der Waals surface area contributed by atoms with Crippen molar-refractivity contribution in [3.63, 3.8) is 0 Å². The number of rotatable bonds is 2. The van der Waals surface area contributed by atoms with Crippen molar-refractivity contribution in [1.29, 1.82) is 0 Å². The molecule has 0 aliphatic heterocycles. The predicted octanol–water partition coefficient (Wildman–Crippen LogP) is 3.21. The lowest BCUT2D eigenvalue weighted by Crippen LogP contribution is -1.99. The zero-order valence-corrected chi connectivity index (χ0v) is 10.4. The van der Waals surface area contributed by atoms with Crippen LogP contribution in [-0.2, 0) is 6.42 Å². The Kier molecular flexibility index (Phi) is 3.28. The van der Waals surface area contributed by atoms with E-state index >= 15 is 0 Å². The van der Waals surface area contributed by atoms with E-state index in [1.54, 1.807) is 6.20 Å². The topological polar surface area (TPSA) is 41.6 Å². The van der Waals surface area contributed by atoms with Crippen molar-refractivity contribution in [1.82, 2.24) is 15.0 Å². The number of aromatic nitrogens is 3. The normalized spacial score (nSPS) is 10.5. The quantitative estimate of drug-likeness (QED) is 0.831. The number of nitrogens with zero attached hydrogens (tertiary/aromatic N) is 2. The first kappa shape index (κ1) is 11.9. The standard InChI is InChI=1S/C12H12FN3S/c1-3-10-15-11(7(2)12(17)16-10)8-4-9(13)6-14-5-8/h4-6H,3H2,1-2H3,(H,15,16,17). The Hall–Kier alpha value is -1.62. The molecule has 0 bridgehead atoms. The third kappa shape index (κ3) is 2.39. The Morgan fingerprint density at radius 1 is 1.41 bits per heavy atom. The highest BCUT2D eigenvalue weighted by Gasteiger charge is 2.07. The third-order valence-corrected chi connectivity index (χ3v) is 2.93. The van der Waals surface area contributed by atoms with E-state index in [4.69, 9.17) is 12.2 Å². The van der Waals surface area contributed by atoms with Crippen molar-refractivity contribution in [3.8, 4) is 11.3 Å². The molecule has 0 amide bonds. The van der Waals surface area contributed by atoms with Gasteiger partial charge in [0, 0.05) is 23.7 Å². The summed E-state index contributed by atoms with van der Waals surface area (Å²) in [6, 6.07) is 1.43. The molecular weight excluding hydrogens is 237 g/mol. The van der Waals surface area contributed by atoms with Crippen LogP contribution in [0.25, 0.3) is 11.3 Å². The van der Waals surface area contributed by atoms with E-state index in [1.165, 1.54) is 12.3 Å². The van der Waals surface area contributed by atoms with Crippen LogP contribution >= 0.6 is 12.2 Å². The monoisotopic (exact) mass is 249 g/mol. The molecule has 1 N–H and O–H groups in total. The van der Waals surface area contributed by atoms with Gasteiger partial charge in [0.05, 0.1) is 11.9 Å². The van der Waals surface area contributed by atoms with E-state index in [0.29, 0.717) is 10.2 Å². The van der Waals surface area contributed by atoms with Gasteiger partial charge in [0.25, 0.3) is 0 Å². The highest BCUT2D eigenvalue weighted by Crippen LogP contribution is 2.21. The molecule has 0 radical (unpaired) electrons. The molecule has 0 aromatic carbocycles. The molecule has 2 aromatic rings. The first-order chi connectivity index (χ1) is 8.11. The van der Waals surface area contributed by atoms with Crippen molar-refractivity contribution >= 4 is 12.2 Å². The van der Waals surface area contributed by atoms with Crippen LogP contribution in [0.3, 0.4) is 0 Å². The number of hydrogen-bond donors (Lipinski definition) is 1. The second-order valence-corrected chi connectivity index (χ2v) is 4.12. The smallest absolute Gasteiger partial charge is 0.142 e. The Morgan fingerprint density at radius 2 is 2.18 bits per heavy atom. The van der Waals surface area contributed by atoms with E-state index < -0.39 is 0 Å². The minimum absolute atomic E-state index is 0.365. The second-order valence-electron chi connectivity index (χ2n) is 3.73. The number of halogens is 1. The highest BCUT2D eigenvalue weighted by molar-refractivity contribution is 7.71. The van der Waals surface area contributed by atoms with Crippen LogP contribution < -0.4 is 0 Å². The van der Waals surface area contributed by atoms with E-state index in [2.05, 4.69) is 15.0 Å². The summed E-state index contributed by atoms with van der Waals surface area (Å²) in [5.41, 5.74) is 2.31. The van der Waals surface area contributed by atoms with Crippen molar-refractivity contribution in [3.05, 3.63) is 40.3 Å². The van der Waals surface area contributed by atoms with Gasteiger partial charge in [-0.3, -0.25) is 4.98 Å². The zero-order valence-electron chi connectivity index (χ0n) is 9.62. The molecule has 2 rings (SSSR count). The summed E-state index contributed by atoms with van der Waals surface area (Å²) in [5, 5.41) is 0. The lowest BCUT2D eigenvalue weighted by Gasteiger charge is -2.08. The Bertz CT molecular complexity index is 607. The summed E-state index contributed by atoms with van der Waals surface area (Å²) in [7, 11) is 0. The Labute approximate surface area is 104 Å². The van der Waals surface area contributed by atoms with Gasteiger partial charge < -0.3 is 4.98 Å². The molecule has 0 aliphatic rings. The van der Waals surface area contributed by atoms with Gasteiger partial charge in [-0.1, -0.05) is 19.1 Å². The molecule has 0 saturated heterocycles. The molecule has 2 aromatic heterocycles. The molecule has 2 heterocycles. The van der Waals surface area contributed by atoms with Crippen molar-refractivity contribution in [2.45, 2.75) is 20.3 Å². The summed E-state index contributed by atoms with van der Waals surface area (Å²) in [5.74, 6) is 0.427. The second kappa shape index (κ2) is 4.71. The van der Waals surface area contributed by atoms with Gasteiger partial charge >= 0.3 is 0 Å². The lowest BCUT2D eigenvalue weighted by molar-refractivity contribution is 0.622. The minimum atomic E-state index is -0.365. The van der Waals surface area contributed by atoms with Gasteiger partial charge in [0.15, 0.2) is 0 Å².